The molecule has 2 aromatic carbocycles. The molecule has 3 rings (SSSR count). The number of anilines is 1. The van der Waals surface area contributed by atoms with Crippen LogP contribution in [0.5, 0.6) is 0 Å². The molecular weight excluding hydrogens is 458 g/mol. The van der Waals surface area contributed by atoms with Gasteiger partial charge in [0.05, 0.1) is 18.4 Å². The zero-order valence-corrected chi connectivity index (χ0v) is 18.1. The number of benzene rings is 2. The second-order valence-electron chi connectivity index (χ2n) is 6.19. The number of nitrogens with zero attached hydrogens (tertiary/aromatic N) is 2. The van der Waals surface area contributed by atoms with Crippen LogP contribution in [0.1, 0.15) is 16.8 Å². The summed E-state index contributed by atoms with van der Waals surface area (Å²) >= 11 is 4.58. The van der Waals surface area contributed by atoms with E-state index in [9.17, 15) is 14.4 Å². The molecule has 1 aliphatic heterocycles. The maximum Gasteiger partial charge on any atom is 0.337 e. The van der Waals surface area contributed by atoms with Crippen molar-refractivity contribution in [2.24, 2.45) is 4.99 Å². The van der Waals surface area contributed by atoms with E-state index in [4.69, 9.17) is 0 Å². The van der Waals surface area contributed by atoms with E-state index >= 15 is 0 Å². The molecule has 1 heterocycles. The van der Waals surface area contributed by atoms with Crippen molar-refractivity contribution in [1.82, 2.24) is 4.90 Å². The molecule has 1 saturated heterocycles. The van der Waals surface area contributed by atoms with Gasteiger partial charge in [0, 0.05) is 23.6 Å². The monoisotopic (exact) mass is 475 g/mol. The first-order valence-electron chi connectivity index (χ1n) is 8.64. The van der Waals surface area contributed by atoms with E-state index in [-0.39, 0.29) is 18.2 Å². The number of hydrogen-bond donors (Lipinski definition) is 1. The Balaban J connectivity index is 1.75. The number of aliphatic imine (C=N–C) groups is 1. The van der Waals surface area contributed by atoms with Crippen LogP contribution in [0.2, 0.25) is 0 Å². The van der Waals surface area contributed by atoms with Crippen molar-refractivity contribution in [3.63, 3.8) is 0 Å². The molecule has 0 radical (unpaired) electrons. The van der Waals surface area contributed by atoms with Crippen molar-refractivity contribution in [1.29, 1.82) is 0 Å². The number of amidine groups is 1. The third-order valence-corrected chi connectivity index (χ3v) is 5.96. The summed E-state index contributed by atoms with van der Waals surface area (Å²) in [6, 6.07) is 13.7. The SMILES string of the molecule is COC(=O)c1ccc(N=C2S[C@@H](C(=O)Nc3ccc(Br)cc3)CC(=O)N2C)cc1. The van der Waals surface area contributed by atoms with Gasteiger partial charge in [-0.3, -0.25) is 14.5 Å². The first kappa shape index (κ1) is 21.1. The van der Waals surface area contributed by atoms with Crippen LogP contribution in [0.15, 0.2) is 58.0 Å². The lowest BCUT2D eigenvalue weighted by Crippen LogP contribution is -2.43. The van der Waals surface area contributed by atoms with Gasteiger partial charge in [-0.05, 0) is 48.5 Å². The van der Waals surface area contributed by atoms with Crippen molar-refractivity contribution < 1.29 is 19.1 Å². The second-order valence-corrected chi connectivity index (χ2v) is 8.28. The number of rotatable bonds is 4. The minimum absolute atomic E-state index is 0.0871. The fourth-order valence-corrected chi connectivity index (χ4v) is 3.88. The van der Waals surface area contributed by atoms with Crippen molar-refractivity contribution in [2.75, 3.05) is 19.5 Å². The number of carbonyl (C=O) groups excluding carboxylic acids is 3. The Bertz CT molecular complexity index is 961. The van der Waals surface area contributed by atoms with E-state index in [0.29, 0.717) is 22.1 Å². The Hall–Kier alpha value is -2.65. The van der Waals surface area contributed by atoms with Crippen LogP contribution < -0.4 is 5.32 Å². The normalized spacial score (nSPS) is 17.9. The van der Waals surface area contributed by atoms with Gasteiger partial charge < -0.3 is 10.1 Å². The predicted molar refractivity (Wildman–Crippen MR) is 116 cm³/mol. The lowest BCUT2D eigenvalue weighted by atomic mass is 10.2. The number of thioether (sulfide) groups is 1. The molecular formula is C20H18BrN3O4S. The van der Waals surface area contributed by atoms with Gasteiger partial charge >= 0.3 is 5.97 Å². The zero-order valence-electron chi connectivity index (χ0n) is 15.7. The average Bonchev–Trinajstić information content (AvgIpc) is 2.72. The molecule has 1 aliphatic rings. The Morgan fingerprint density at radius 3 is 2.45 bits per heavy atom. The highest BCUT2D eigenvalue weighted by atomic mass is 79.9. The number of ether oxygens (including phenoxy) is 1. The van der Waals surface area contributed by atoms with Crippen molar-refractivity contribution in [3.05, 3.63) is 58.6 Å². The molecule has 0 aliphatic carbocycles. The summed E-state index contributed by atoms with van der Waals surface area (Å²) in [7, 11) is 2.94. The molecule has 0 aromatic heterocycles. The van der Waals surface area contributed by atoms with Gasteiger partial charge in [-0.2, -0.15) is 0 Å². The van der Waals surface area contributed by atoms with Crippen LogP contribution >= 0.6 is 27.7 Å². The number of hydrogen-bond acceptors (Lipinski definition) is 6. The fourth-order valence-electron chi connectivity index (χ4n) is 2.55. The number of esters is 1. The Morgan fingerprint density at radius 1 is 1.17 bits per heavy atom. The molecule has 2 amide bonds. The van der Waals surface area contributed by atoms with Gasteiger partial charge in [-0.25, -0.2) is 9.79 Å². The molecule has 2 aromatic rings. The molecule has 150 valence electrons. The van der Waals surface area contributed by atoms with E-state index in [0.717, 1.165) is 4.47 Å². The van der Waals surface area contributed by atoms with Gasteiger partial charge in [0.2, 0.25) is 11.8 Å². The molecule has 7 nitrogen and oxygen atoms in total. The molecule has 1 atom stereocenters. The first-order valence-corrected chi connectivity index (χ1v) is 10.3. The number of carbonyl (C=O) groups is 3. The maximum atomic E-state index is 12.6. The average molecular weight is 476 g/mol. The summed E-state index contributed by atoms with van der Waals surface area (Å²) in [4.78, 5) is 42.4. The topological polar surface area (TPSA) is 88.1 Å². The van der Waals surface area contributed by atoms with Crippen LogP contribution in [0.4, 0.5) is 11.4 Å². The Labute approximate surface area is 180 Å². The Kier molecular flexibility index (Phi) is 6.71. The fraction of sp³-hybridized carbons (Fsp3) is 0.200. The molecule has 0 bridgehead atoms. The van der Waals surface area contributed by atoms with Gasteiger partial charge in [-0.15, -0.1) is 0 Å². The van der Waals surface area contributed by atoms with Crippen LogP contribution in [0, 0.1) is 0 Å². The van der Waals surface area contributed by atoms with E-state index in [1.165, 1.54) is 23.8 Å². The molecule has 1 fully saturated rings. The number of nitrogens with one attached hydrogen (secondary N) is 1. The third-order valence-electron chi connectivity index (χ3n) is 4.19. The molecule has 1 N–H and O–H groups in total. The molecule has 0 spiro atoms. The van der Waals surface area contributed by atoms with Crippen molar-refractivity contribution >= 4 is 62.0 Å². The first-order chi connectivity index (χ1) is 13.9. The number of amides is 2. The van der Waals surface area contributed by atoms with Gasteiger partial charge in [0.1, 0.15) is 5.25 Å². The molecule has 0 unspecified atom stereocenters. The minimum Gasteiger partial charge on any atom is -0.465 e. The maximum absolute atomic E-state index is 12.6. The summed E-state index contributed by atoms with van der Waals surface area (Å²) in [6.07, 6.45) is 0.0871. The summed E-state index contributed by atoms with van der Waals surface area (Å²) in [5, 5.41) is 2.66. The second kappa shape index (κ2) is 9.23. The highest BCUT2D eigenvalue weighted by molar-refractivity contribution is 9.10. The third kappa shape index (κ3) is 5.24. The highest BCUT2D eigenvalue weighted by Gasteiger charge is 2.34. The number of methoxy groups -OCH3 is 1. The van der Waals surface area contributed by atoms with Crippen LogP contribution in [0.3, 0.4) is 0 Å². The van der Waals surface area contributed by atoms with E-state index in [1.807, 2.05) is 12.1 Å². The van der Waals surface area contributed by atoms with Gasteiger partial charge in [0.15, 0.2) is 5.17 Å². The molecule has 29 heavy (non-hydrogen) atoms. The van der Waals surface area contributed by atoms with E-state index in [2.05, 4.69) is 31.0 Å². The highest BCUT2D eigenvalue weighted by Crippen LogP contribution is 2.29. The van der Waals surface area contributed by atoms with Crippen LogP contribution in [0.25, 0.3) is 0 Å². The molecule has 0 saturated carbocycles. The van der Waals surface area contributed by atoms with Crippen LogP contribution in [-0.2, 0) is 14.3 Å². The summed E-state index contributed by atoms with van der Waals surface area (Å²) in [5.74, 6) is -0.884. The smallest absolute Gasteiger partial charge is 0.337 e. The van der Waals surface area contributed by atoms with Crippen molar-refractivity contribution in [2.45, 2.75) is 11.7 Å². The minimum atomic E-state index is -0.588. The van der Waals surface area contributed by atoms with Crippen molar-refractivity contribution in [3.8, 4) is 0 Å². The van der Waals surface area contributed by atoms with Gasteiger partial charge in [0.25, 0.3) is 0 Å². The lowest BCUT2D eigenvalue weighted by Gasteiger charge is -2.28. The lowest BCUT2D eigenvalue weighted by molar-refractivity contribution is -0.128. The largest absolute Gasteiger partial charge is 0.465 e. The van der Waals surface area contributed by atoms with Crippen LogP contribution in [-0.4, -0.2) is 47.3 Å². The molecule has 9 heteroatoms. The van der Waals surface area contributed by atoms with E-state index in [1.54, 1.807) is 43.4 Å². The summed E-state index contributed by atoms with van der Waals surface area (Å²) in [5.41, 5.74) is 1.62. The predicted octanol–water partition coefficient (Wildman–Crippen LogP) is 3.83. The Morgan fingerprint density at radius 2 is 1.83 bits per heavy atom. The number of halogens is 1. The standard InChI is InChI=1S/C20H18BrN3O4S/c1-24-17(25)11-16(18(26)22-14-9-5-13(21)6-10-14)29-20(24)23-15-7-3-12(4-8-15)19(27)28-2/h3-10,16H,11H2,1-2H3,(H,22,26)/t16-/m1/s1. The quantitative estimate of drug-likeness (QED) is 0.678. The zero-order chi connectivity index (χ0) is 21.0. The summed E-state index contributed by atoms with van der Waals surface area (Å²) < 4.78 is 5.58. The van der Waals surface area contributed by atoms with E-state index < -0.39 is 11.2 Å². The van der Waals surface area contributed by atoms with Gasteiger partial charge in [-0.1, -0.05) is 27.7 Å². The summed E-state index contributed by atoms with van der Waals surface area (Å²) in [6.45, 7) is 0.